The maximum Gasteiger partial charge on any atom is 0.256 e. The van der Waals surface area contributed by atoms with Crippen LogP contribution in [0.4, 0.5) is 0 Å². The van der Waals surface area contributed by atoms with Crippen LogP contribution in [-0.4, -0.2) is 10.9 Å². The summed E-state index contributed by atoms with van der Waals surface area (Å²) in [5, 5.41) is 5.50. The van der Waals surface area contributed by atoms with Crippen molar-refractivity contribution in [2.24, 2.45) is 0 Å². The summed E-state index contributed by atoms with van der Waals surface area (Å²) in [6, 6.07) is 1.61. The van der Waals surface area contributed by atoms with E-state index in [1.165, 1.54) is 17.6 Å². The third-order valence-corrected chi connectivity index (χ3v) is 3.14. The Bertz CT molecular complexity index is 452. The zero-order chi connectivity index (χ0) is 10.7. The molecular formula is C9H7BrN2O2S. The van der Waals surface area contributed by atoms with Gasteiger partial charge in [0.25, 0.3) is 5.91 Å². The number of rotatable bonds is 3. The van der Waals surface area contributed by atoms with Gasteiger partial charge in [-0.3, -0.25) is 4.79 Å². The molecule has 0 aliphatic heterocycles. The summed E-state index contributed by atoms with van der Waals surface area (Å²) in [5.41, 5.74) is 0.492. The molecule has 15 heavy (non-hydrogen) atoms. The van der Waals surface area contributed by atoms with E-state index in [2.05, 4.69) is 26.2 Å². The van der Waals surface area contributed by atoms with Crippen molar-refractivity contribution in [2.75, 3.05) is 0 Å². The quantitative estimate of drug-likeness (QED) is 0.943. The lowest BCUT2D eigenvalue weighted by Crippen LogP contribution is -2.22. The van der Waals surface area contributed by atoms with Crippen LogP contribution in [0.1, 0.15) is 15.4 Å². The fraction of sp³-hybridized carbons (Fsp3) is 0.111. The second-order valence-corrected chi connectivity index (χ2v) is 4.42. The van der Waals surface area contributed by atoms with Gasteiger partial charge in [0.1, 0.15) is 5.01 Å². The third kappa shape index (κ3) is 2.45. The molecule has 0 atom stereocenters. The number of aromatic nitrogens is 1. The van der Waals surface area contributed by atoms with Gasteiger partial charge >= 0.3 is 0 Å². The monoisotopic (exact) mass is 286 g/mol. The molecule has 0 fully saturated rings. The van der Waals surface area contributed by atoms with Crippen molar-refractivity contribution in [1.29, 1.82) is 0 Å². The normalized spacial score (nSPS) is 10.2. The lowest BCUT2D eigenvalue weighted by atomic mass is 10.3. The highest BCUT2D eigenvalue weighted by molar-refractivity contribution is 9.10. The highest BCUT2D eigenvalue weighted by Crippen LogP contribution is 2.17. The van der Waals surface area contributed by atoms with Crippen molar-refractivity contribution in [3.63, 3.8) is 0 Å². The summed E-state index contributed by atoms with van der Waals surface area (Å²) >= 11 is 4.65. The topological polar surface area (TPSA) is 55.1 Å². The minimum Gasteiger partial charge on any atom is -0.457 e. The first-order chi connectivity index (χ1) is 7.27. The average molecular weight is 287 g/mol. The number of halogens is 1. The van der Waals surface area contributed by atoms with Crippen molar-refractivity contribution < 1.29 is 9.21 Å². The van der Waals surface area contributed by atoms with Gasteiger partial charge in [-0.1, -0.05) is 0 Å². The smallest absolute Gasteiger partial charge is 0.256 e. The number of carbonyl (C=O) groups is 1. The molecule has 0 aliphatic rings. The van der Waals surface area contributed by atoms with Gasteiger partial charge in [0, 0.05) is 11.6 Å². The highest BCUT2D eigenvalue weighted by Gasteiger charge is 2.12. The van der Waals surface area contributed by atoms with Crippen LogP contribution in [0.25, 0.3) is 0 Å². The van der Waals surface area contributed by atoms with Crippen molar-refractivity contribution >= 4 is 33.2 Å². The Morgan fingerprint density at radius 3 is 3.13 bits per heavy atom. The number of hydrogen-bond acceptors (Lipinski definition) is 4. The number of nitrogens with one attached hydrogen (secondary N) is 1. The van der Waals surface area contributed by atoms with Gasteiger partial charge < -0.3 is 9.73 Å². The molecular weight excluding hydrogens is 280 g/mol. The van der Waals surface area contributed by atoms with Crippen LogP contribution in [0.3, 0.4) is 0 Å². The molecule has 1 N–H and O–H groups in total. The maximum absolute atomic E-state index is 11.6. The summed E-state index contributed by atoms with van der Waals surface area (Å²) in [5.74, 6) is -0.175. The Balaban J connectivity index is 1.96. The summed E-state index contributed by atoms with van der Waals surface area (Å²) in [6.07, 6.45) is 3.17. The SMILES string of the molecule is O=C(NCc1nccs1)c1ccoc1Br. The van der Waals surface area contributed by atoms with Crippen molar-refractivity contribution in [3.8, 4) is 0 Å². The maximum atomic E-state index is 11.6. The molecule has 2 aromatic rings. The third-order valence-electron chi connectivity index (χ3n) is 1.75. The van der Waals surface area contributed by atoms with Gasteiger partial charge in [-0.05, 0) is 22.0 Å². The van der Waals surface area contributed by atoms with E-state index in [4.69, 9.17) is 4.42 Å². The minimum absolute atomic E-state index is 0.175. The molecule has 2 aromatic heterocycles. The Morgan fingerprint density at radius 1 is 1.67 bits per heavy atom. The number of hydrogen-bond donors (Lipinski definition) is 1. The van der Waals surface area contributed by atoms with Gasteiger partial charge in [-0.2, -0.15) is 0 Å². The molecule has 1 amide bonds. The van der Waals surface area contributed by atoms with E-state index in [0.717, 1.165) is 5.01 Å². The van der Waals surface area contributed by atoms with Crippen LogP contribution in [0.5, 0.6) is 0 Å². The molecule has 6 heteroatoms. The van der Waals surface area contributed by atoms with Crippen molar-refractivity contribution in [3.05, 3.63) is 39.1 Å². The molecule has 0 saturated carbocycles. The zero-order valence-electron chi connectivity index (χ0n) is 7.57. The van der Waals surface area contributed by atoms with Crippen molar-refractivity contribution in [1.82, 2.24) is 10.3 Å². The van der Waals surface area contributed by atoms with E-state index in [9.17, 15) is 4.79 Å². The van der Waals surface area contributed by atoms with Crippen LogP contribution < -0.4 is 5.32 Å². The summed E-state index contributed by atoms with van der Waals surface area (Å²) in [7, 11) is 0. The molecule has 0 aliphatic carbocycles. The van der Waals surface area contributed by atoms with Crippen LogP contribution in [0, 0.1) is 0 Å². The molecule has 0 aromatic carbocycles. The molecule has 0 bridgehead atoms. The number of carbonyl (C=O) groups excluding carboxylic acids is 1. The number of nitrogens with zero attached hydrogens (tertiary/aromatic N) is 1. The molecule has 2 rings (SSSR count). The lowest BCUT2D eigenvalue weighted by molar-refractivity contribution is 0.0949. The molecule has 0 radical (unpaired) electrons. The average Bonchev–Trinajstić information content (AvgIpc) is 2.84. The standard InChI is InChI=1S/C9H7BrN2O2S/c10-8-6(1-3-14-8)9(13)12-5-7-11-2-4-15-7/h1-4H,5H2,(H,12,13). The molecule has 78 valence electrons. The fourth-order valence-corrected chi connectivity index (χ4v) is 2.02. The number of amides is 1. The minimum atomic E-state index is -0.175. The zero-order valence-corrected chi connectivity index (χ0v) is 9.97. The predicted molar refractivity (Wildman–Crippen MR) is 59.7 cm³/mol. The van der Waals surface area contributed by atoms with E-state index in [0.29, 0.717) is 16.8 Å². The molecule has 0 unspecified atom stereocenters. The summed E-state index contributed by atoms with van der Waals surface area (Å²) in [4.78, 5) is 15.7. The van der Waals surface area contributed by atoms with E-state index in [-0.39, 0.29) is 5.91 Å². The van der Waals surface area contributed by atoms with E-state index in [1.54, 1.807) is 12.3 Å². The highest BCUT2D eigenvalue weighted by atomic mass is 79.9. The number of furan rings is 1. The van der Waals surface area contributed by atoms with E-state index in [1.807, 2.05) is 5.38 Å². The molecule has 4 nitrogen and oxygen atoms in total. The first-order valence-corrected chi connectivity index (χ1v) is 5.84. The van der Waals surface area contributed by atoms with Gasteiger partial charge in [-0.15, -0.1) is 11.3 Å². The molecule has 2 heterocycles. The Hall–Kier alpha value is -1.14. The Labute approximate surface area is 98.5 Å². The van der Waals surface area contributed by atoms with Crippen LogP contribution in [-0.2, 0) is 6.54 Å². The van der Waals surface area contributed by atoms with E-state index < -0.39 is 0 Å². The van der Waals surface area contributed by atoms with Gasteiger partial charge in [-0.25, -0.2) is 4.98 Å². The van der Waals surface area contributed by atoms with Crippen LogP contribution >= 0.6 is 27.3 Å². The van der Waals surface area contributed by atoms with E-state index >= 15 is 0 Å². The van der Waals surface area contributed by atoms with Gasteiger partial charge in [0.15, 0.2) is 4.67 Å². The predicted octanol–water partition coefficient (Wildman–Crippen LogP) is 2.43. The molecule has 0 saturated heterocycles. The second kappa shape index (κ2) is 4.59. The first kappa shape index (κ1) is 10.4. The van der Waals surface area contributed by atoms with Gasteiger partial charge in [0.2, 0.25) is 0 Å². The number of thiazole rings is 1. The lowest BCUT2D eigenvalue weighted by Gasteiger charge is -2.00. The largest absolute Gasteiger partial charge is 0.457 e. The first-order valence-electron chi connectivity index (χ1n) is 4.17. The van der Waals surface area contributed by atoms with Crippen LogP contribution in [0.2, 0.25) is 0 Å². The molecule has 0 spiro atoms. The van der Waals surface area contributed by atoms with Gasteiger partial charge in [0.05, 0.1) is 18.4 Å². The van der Waals surface area contributed by atoms with Crippen LogP contribution in [0.15, 0.2) is 33.0 Å². The Kier molecular flexibility index (Phi) is 3.17. The second-order valence-electron chi connectivity index (χ2n) is 2.72. The Morgan fingerprint density at radius 2 is 2.53 bits per heavy atom. The van der Waals surface area contributed by atoms with Crippen molar-refractivity contribution in [2.45, 2.75) is 6.54 Å². The summed E-state index contributed by atoms with van der Waals surface area (Å²) < 4.78 is 5.41. The summed E-state index contributed by atoms with van der Waals surface area (Å²) in [6.45, 7) is 0.439. The fourth-order valence-electron chi connectivity index (χ4n) is 1.05.